The molecule has 98 valence electrons. The molecular formula is C15H21BrN2. The van der Waals surface area contributed by atoms with E-state index in [2.05, 4.69) is 51.3 Å². The van der Waals surface area contributed by atoms with E-state index in [1.807, 2.05) is 0 Å². The smallest absolute Gasteiger partial charge is 0.0245 e. The number of hydrogen-bond acceptors (Lipinski definition) is 2. The van der Waals surface area contributed by atoms with Gasteiger partial charge in [-0.25, -0.2) is 0 Å². The third-order valence-electron chi connectivity index (χ3n) is 4.45. The summed E-state index contributed by atoms with van der Waals surface area (Å²) in [6, 6.07) is 6.69. The summed E-state index contributed by atoms with van der Waals surface area (Å²) in [5.41, 5.74) is 3.32. The van der Waals surface area contributed by atoms with Crippen molar-refractivity contribution in [3.63, 3.8) is 0 Å². The molecular weight excluding hydrogens is 288 g/mol. The van der Waals surface area contributed by atoms with Gasteiger partial charge in [-0.15, -0.1) is 0 Å². The molecule has 2 aliphatic heterocycles. The summed E-state index contributed by atoms with van der Waals surface area (Å²) in [5, 5.41) is 3.52. The summed E-state index contributed by atoms with van der Waals surface area (Å²) in [6.45, 7) is 8.18. The topological polar surface area (TPSA) is 15.3 Å². The molecule has 2 aliphatic rings. The van der Waals surface area contributed by atoms with E-state index in [1.165, 1.54) is 54.6 Å². The quantitative estimate of drug-likeness (QED) is 0.903. The van der Waals surface area contributed by atoms with Crippen molar-refractivity contribution in [3.05, 3.63) is 33.8 Å². The zero-order chi connectivity index (χ0) is 12.6. The fourth-order valence-corrected chi connectivity index (χ4v) is 3.95. The van der Waals surface area contributed by atoms with Gasteiger partial charge in [0.05, 0.1) is 0 Å². The van der Waals surface area contributed by atoms with E-state index in [4.69, 9.17) is 0 Å². The van der Waals surface area contributed by atoms with Crippen LogP contribution in [0.1, 0.15) is 24.0 Å². The maximum Gasteiger partial charge on any atom is 0.0245 e. The van der Waals surface area contributed by atoms with Crippen molar-refractivity contribution in [2.75, 3.05) is 26.2 Å². The second-order valence-electron chi connectivity index (χ2n) is 5.98. The lowest BCUT2D eigenvalue weighted by molar-refractivity contribution is 0.268. The maximum absolute atomic E-state index is 3.69. The molecule has 3 rings (SSSR count). The van der Waals surface area contributed by atoms with Gasteiger partial charge in [0, 0.05) is 24.1 Å². The van der Waals surface area contributed by atoms with Gasteiger partial charge in [0.2, 0.25) is 0 Å². The Kier molecular flexibility index (Phi) is 3.48. The zero-order valence-electron chi connectivity index (χ0n) is 11.0. The highest BCUT2D eigenvalue weighted by Crippen LogP contribution is 2.37. The van der Waals surface area contributed by atoms with Crippen LogP contribution in [-0.2, 0) is 6.54 Å². The third-order valence-corrected chi connectivity index (χ3v) is 5.19. The van der Waals surface area contributed by atoms with E-state index in [0.29, 0.717) is 5.41 Å². The molecule has 18 heavy (non-hydrogen) atoms. The molecule has 3 heteroatoms. The maximum atomic E-state index is 3.69. The van der Waals surface area contributed by atoms with Crippen molar-refractivity contribution in [2.24, 2.45) is 5.41 Å². The highest BCUT2D eigenvalue weighted by Gasteiger charge is 2.40. The van der Waals surface area contributed by atoms with Gasteiger partial charge in [0.25, 0.3) is 0 Å². The summed E-state index contributed by atoms with van der Waals surface area (Å²) >= 11 is 3.69. The Labute approximate surface area is 118 Å². The minimum atomic E-state index is 0.581. The molecule has 0 amide bonds. The molecule has 0 aromatic heterocycles. The number of benzene rings is 1. The Morgan fingerprint density at radius 3 is 3.00 bits per heavy atom. The molecule has 2 fully saturated rings. The first-order valence-corrected chi connectivity index (χ1v) is 7.64. The standard InChI is InChI=1S/C15H21BrN2/c1-12-2-3-13(14(16)8-12)9-18-7-5-15(11-18)4-6-17-10-15/h2-3,8,17H,4-7,9-11H2,1H3. The average molecular weight is 309 g/mol. The average Bonchev–Trinajstić information content (AvgIpc) is 2.94. The lowest BCUT2D eigenvalue weighted by Gasteiger charge is -2.23. The fraction of sp³-hybridized carbons (Fsp3) is 0.600. The number of rotatable bonds is 2. The van der Waals surface area contributed by atoms with Crippen LogP contribution in [0.2, 0.25) is 0 Å². The van der Waals surface area contributed by atoms with E-state index < -0.39 is 0 Å². The molecule has 0 aliphatic carbocycles. The van der Waals surface area contributed by atoms with Crippen LogP contribution in [-0.4, -0.2) is 31.1 Å². The Hall–Kier alpha value is -0.380. The van der Waals surface area contributed by atoms with Crippen molar-refractivity contribution in [1.29, 1.82) is 0 Å². The van der Waals surface area contributed by atoms with Gasteiger partial charge in [-0.1, -0.05) is 28.1 Å². The van der Waals surface area contributed by atoms with Gasteiger partial charge in [0.15, 0.2) is 0 Å². The van der Waals surface area contributed by atoms with Crippen LogP contribution in [0.5, 0.6) is 0 Å². The SMILES string of the molecule is Cc1ccc(CN2CCC3(CCNC3)C2)c(Br)c1. The van der Waals surface area contributed by atoms with Crippen LogP contribution in [0.15, 0.2) is 22.7 Å². The van der Waals surface area contributed by atoms with E-state index >= 15 is 0 Å². The van der Waals surface area contributed by atoms with Crippen LogP contribution in [0.25, 0.3) is 0 Å². The van der Waals surface area contributed by atoms with E-state index in [1.54, 1.807) is 0 Å². The van der Waals surface area contributed by atoms with E-state index in [-0.39, 0.29) is 0 Å². The predicted octanol–water partition coefficient (Wildman–Crippen LogP) is 2.94. The zero-order valence-corrected chi connectivity index (χ0v) is 12.6. The van der Waals surface area contributed by atoms with Gasteiger partial charge >= 0.3 is 0 Å². The minimum absolute atomic E-state index is 0.581. The fourth-order valence-electron chi connectivity index (χ4n) is 3.33. The Morgan fingerprint density at radius 2 is 2.28 bits per heavy atom. The summed E-state index contributed by atoms with van der Waals surface area (Å²) in [7, 11) is 0. The molecule has 1 aromatic carbocycles. The van der Waals surface area contributed by atoms with Crippen LogP contribution in [0.4, 0.5) is 0 Å². The molecule has 1 atom stereocenters. The number of halogens is 1. The molecule has 0 bridgehead atoms. The summed E-state index contributed by atoms with van der Waals surface area (Å²) in [5.74, 6) is 0. The number of likely N-dealkylation sites (tertiary alicyclic amines) is 1. The van der Waals surface area contributed by atoms with Crippen molar-refractivity contribution in [1.82, 2.24) is 10.2 Å². The number of nitrogens with one attached hydrogen (secondary N) is 1. The van der Waals surface area contributed by atoms with Gasteiger partial charge in [-0.05, 0) is 55.5 Å². The van der Waals surface area contributed by atoms with Crippen LogP contribution < -0.4 is 5.32 Å². The van der Waals surface area contributed by atoms with Gasteiger partial charge in [-0.2, -0.15) is 0 Å². The highest BCUT2D eigenvalue weighted by atomic mass is 79.9. The molecule has 2 saturated heterocycles. The molecule has 2 heterocycles. The molecule has 0 saturated carbocycles. The number of nitrogens with zero attached hydrogens (tertiary/aromatic N) is 1. The molecule has 1 aromatic rings. The second-order valence-corrected chi connectivity index (χ2v) is 6.84. The van der Waals surface area contributed by atoms with Crippen molar-refractivity contribution < 1.29 is 0 Å². The van der Waals surface area contributed by atoms with E-state index in [0.717, 1.165) is 6.54 Å². The monoisotopic (exact) mass is 308 g/mol. The molecule has 2 nitrogen and oxygen atoms in total. The normalized spacial score (nSPS) is 28.3. The number of hydrogen-bond donors (Lipinski definition) is 1. The van der Waals surface area contributed by atoms with Crippen molar-refractivity contribution in [3.8, 4) is 0 Å². The van der Waals surface area contributed by atoms with Crippen molar-refractivity contribution in [2.45, 2.75) is 26.3 Å². The third kappa shape index (κ3) is 2.49. The second kappa shape index (κ2) is 4.95. The number of aryl methyl sites for hydroxylation is 1. The Morgan fingerprint density at radius 1 is 1.39 bits per heavy atom. The van der Waals surface area contributed by atoms with Gasteiger partial charge in [-0.3, -0.25) is 4.90 Å². The van der Waals surface area contributed by atoms with Crippen LogP contribution in [0.3, 0.4) is 0 Å². The molecule has 1 N–H and O–H groups in total. The Balaban J connectivity index is 1.67. The van der Waals surface area contributed by atoms with Crippen LogP contribution in [0, 0.1) is 12.3 Å². The largest absolute Gasteiger partial charge is 0.316 e. The summed E-state index contributed by atoms with van der Waals surface area (Å²) in [6.07, 6.45) is 2.72. The first-order valence-electron chi connectivity index (χ1n) is 6.85. The molecule has 1 spiro atoms. The summed E-state index contributed by atoms with van der Waals surface area (Å²) in [4.78, 5) is 2.61. The predicted molar refractivity (Wildman–Crippen MR) is 78.7 cm³/mol. The first kappa shape index (κ1) is 12.6. The minimum Gasteiger partial charge on any atom is -0.316 e. The van der Waals surface area contributed by atoms with Gasteiger partial charge < -0.3 is 5.32 Å². The molecule has 1 unspecified atom stereocenters. The Bertz CT molecular complexity index is 438. The van der Waals surface area contributed by atoms with E-state index in [9.17, 15) is 0 Å². The molecule has 0 radical (unpaired) electrons. The van der Waals surface area contributed by atoms with Gasteiger partial charge in [0.1, 0.15) is 0 Å². The first-order chi connectivity index (χ1) is 8.67. The van der Waals surface area contributed by atoms with Crippen molar-refractivity contribution >= 4 is 15.9 Å². The van der Waals surface area contributed by atoms with Crippen LogP contribution >= 0.6 is 15.9 Å². The lowest BCUT2D eigenvalue weighted by atomic mass is 9.86. The lowest BCUT2D eigenvalue weighted by Crippen LogP contribution is -2.29. The highest BCUT2D eigenvalue weighted by molar-refractivity contribution is 9.10. The summed E-state index contributed by atoms with van der Waals surface area (Å²) < 4.78 is 1.26.